The number of hydrogen-bond acceptors (Lipinski definition) is 2. The second-order valence-electron chi connectivity index (χ2n) is 6.03. The molecular formula is C16H20ClNO3. The standard InChI is InChI=1S/C16H20ClNO3/c1-16(2,11-5-3-6-12(17)9-11)15(21)18-8-4-7-13(18)10-14(19)20/h3,5-6,9,13H,4,7-8,10H2,1-2H3,(H,19,20). The van der Waals surface area contributed by atoms with Crippen molar-refractivity contribution in [2.75, 3.05) is 6.54 Å². The minimum Gasteiger partial charge on any atom is -0.481 e. The summed E-state index contributed by atoms with van der Waals surface area (Å²) >= 11 is 6.01. The average molecular weight is 310 g/mol. The molecule has 1 atom stereocenters. The number of carbonyl (C=O) groups excluding carboxylic acids is 1. The van der Waals surface area contributed by atoms with E-state index in [1.165, 1.54) is 0 Å². The fourth-order valence-corrected chi connectivity index (χ4v) is 3.07. The third kappa shape index (κ3) is 3.38. The Labute approximate surface area is 129 Å². The minimum absolute atomic E-state index is 0.0113. The summed E-state index contributed by atoms with van der Waals surface area (Å²) in [6, 6.07) is 7.07. The summed E-state index contributed by atoms with van der Waals surface area (Å²) in [5.74, 6) is -0.895. The number of nitrogens with zero attached hydrogens (tertiary/aromatic N) is 1. The number of benzene rings is 1. The van der Waals surface area contributed by atoms with Crippen molar-refractivity contribution < 1.29 is 14.7 Å². The third-order valence-corrected chi connectivity index (χ3v) is 4.36. The smallest absolute Gasteiger partial charge is 0.305 e. The van der Waals surface area contributed by atoms with Crippen molar-refractivity contribution in [1.82, 2.24) is 4.90 Å². The largest absolute Gasteiger partial charge is 0.481 e. The van der Waals surface area contributed by atoms with Crippen LogP contribution in [0.1, 0.15) is 38.7 Å². The first kappa shape index (κ1) is 15.8. The molecule has 1 aliphatic heterocycles. The van der Waals surface area contributed by atoms with E-state index in [1.807, 2.05) is 26.0 Å². The zero-order valence-corrected chi connectivity index (χ0v) is 13.1. The Hall–Kier alpha value is -1.55. The highest BCUT2D eigenvalue weighted by Crippen LogP contribution is 2.31. The molecule has 5 heteroatoms. The Bertz CT molecular complexity index is 556. The molecule has 1 aliphatic rings. The van der Waals surface area contributed by atoms with Crippen molar-refractivity contribution >= 4 is 23.5 Å². The zero-order valence-electron chi connectivity index (χ0n) is 12.3. The van der Waals surface area contributed by atoms with Gasteiger partial charge in [-0.25, -0.2) is 0 Å². The van der Waals surface area contributed by atoms with Gasteiger partial charge in [-0.15, -0.1) is 0 Å². The monoisotopic (exact) mass is 309 g/mol. The molecule has 0 spiro atoms. The number of hydrogen-bond donors (Lipinski definition) is 1. The predicted molar refractivity (Wildman–Crippen MR) is 81.5 cm³/mol. The van der Waals surface area contributed by atoms with Crippen LogP contribution in [0.25, 0.3) is 0 Å². The van der Waals surface area contributed by atoms with Crippen LogP contribution in [0.15, 0.2) is 24.3 Å². The van der Waals surface area contributed by atoms with Crippen molar-refractivity contribution in [3.63, 3.8) is 0 Å². The molecule has 0 aromatic heterocycles. The lowest BCUT2D eigenvalue weighted by molar-refractivity contribution is -0.141. The molecule has 1 heterocycles. The van der Waals surface area contributed by atoms with Gasteiger partial charge >= 0.3 is 5.97 Å². The van der Waals surface area contributed by atoms with Crippen LogP contribution >= 0.6 is 11.6 Å². The summed E-state index contributed by atoms with van der Waals surface area (Å²) in [4.78, 5) is 25.5. The minimum atomic E-state index is -0.861. The van der Waals surface area contributed by atoms with E-state index in [4.69, 9.17) is 16.7 Å². The number of carboxylic acids is 1. The summed E-state index contributed by atoms with van der Waals surface area (Å²) in [5, 5.41) is 9.57. The van der Waals surface area contributed by atoms with Gasteiger partial charge in [0.1, 0.15) is 0 Å². The molecule has 1 amide bonds. The number of carboxylic acid groups (broad SMARTS) is 1. The Balaban J connectivity index is 2.23. The first-order chi connectivity index (χ1) is 9.82. The van der Waals surface area contributed by atoms with Crippen LogP contribution in [-0.2, 0) is 15.0 Å². The molecule has 2 rings (SSSR count). The zero-order chi connectivity index (χ0) is 15.6. The lowest BCUT2D eigenvalue weighted by Gasteiger charge is -2.33. The molecular weight excluding hydrogens is 290 g/mol. The van der Waals surface area contributed by atoms with Gasteiger partial charge < -0.3 is 10.0 Å². The van der Waals surface area contributed by atoms with Gasteiger partial charge in [-0.05, 0) is 44.4 Å². The van der Waals surface area contributed by atoms with Crippen LogP contribution in [-0.4, -0.2) is 34.5 Å². The van der Waals surface area contributed by atoms with Crippen LogP contribution in [0.3, 0.4) is 0 Å². The molecule has 0 radical (unpaired) electrons. The molecule has 114 valence electrons. The van der Waals surface area contributed by atoms with Crippen molar-refractivity contribution in [3.8, 4) is 0 Å². The summed E-state index contributed by atoms with van der Waals surface area (Å²) in [5.41, 5.74) is 0.132. The van der Waals surface area contributed by atoms with Gasteiger partial charge in [0.2, 0.25) is 5.91 Å². The van der Waals surface area contributed by atoms with Gasteiger partial charge in [-0.2, -0.15) is 0 Å². The molecule has 1 aromatic rings. The van der Waals surface area contributed by atoms with E-state index in [2.05, 4.69) is 0 Å². The highest BCUT2D eigenvalue weighted by Gasteiger charge is 2.39. The number of likely N-dealkylation sites (tertiary alicyclic amines) is 1. The van der Waals surface area contributed by atoms with Crippen molar-refractivity contribution in [2.45, 2.75) is 44.6 Å². The van der Waals surface area contributed by atoms with E-state index in [1.54, 1.807) is 17.0 Å². The van der Waals surface area contributed by atoms with Crippen LogP contribution < -0.4 is 0 Å². The fraction of sp³-hybridized carbons (Fsp3) is 0.500. The summed E-state index contributed by atoms with van der Waals surface area (Å²) in [6.07, 6.45) is 1.62. The highest BCUT2D eigenvalue weighted by molar-refractivity contribution is 6.30. The molecule has 1 unspecified atom stereocenters. The van der Waals surface area contributed by atoms with E-state index in [9.17, 15) is 9.59 Å². The first-order valence-electron chi connectivity index (χ1n) is 7.11. The van der Waals surface area contributed by atoms with E-state index in [-0.39, 0.29) is 18.4 Å². The van der Waals surface area contributed by atoms with Gasteiger partial charge in [0.15, 0.2) is 0 Å². The number of amides is 1. The topological polar surface area (TPSA) is 57.6 Å². The molecule has 0 bridgehead atoms. The molecule has 0 aliphatic carbocycles. The molecule has 0 saturated carbocycles. The maximum Gasteiger partial charge on any atom is 0.305 e. The summed E-state index contributed by atoms with van der Waals surface area (Å²) < 4.78 is 0. The second-order valence-corrected chi connectivity index (χ2v) is 6.46. The summed E-state index contributed by atoms with van der Waals surface area (Å²) in [6.45, 7) is 4.34. The van der Waals surface area contributed by atoms with Crippen LogP contribution in [0.4, 0.5) is 0 Å². The lowest BCUT2D eigenvalue weighted by atomic mass is 9.83. The van der Waals surface area contributed by atoms with E-state index in [0.29, 0.717) is 11.6 Å². The molecule has 4 nitrogen and oxygen atoms in total. The van der Waals surface area contributed by atoms with Crippen LogP contribution in [0.2, 0.25) is 5.02 Å². The van der Waals surface area contributed by atoms with E-state index >= 15 is 0 Å². The molecule has 1 aromatic carbocycles. The third-order valence-electron chi connectivity index (χ3n) is 4.13. The second kappa shape index (κ2) is 6.06. The van der Waals surface area contributed by atoms with Crippen molar-refractivity contribution in [2.24, 2.45) is 0 Å². The quantitative estimate of drug-likeness (QED) is 0.930. The molecule has 1 saturated heterocycles. The van der Waals surface area contributed by atoms with Gasteiger partial charge in [0.25, 0.3) is 0 Å². The number of aliphatic carboxylic acids is 1. The Morgan fingerprint density at radius 1 is 1.43 bits per heavy atom. The number of carbonyl (C=O) groups is 2. The van der Waals surface area contributed by atoms with E-state index < -0.39 is 11.4 Å². The average Bonchev–Trinajstić information content (AvgIpc) is 2.85. The SMILES string of the molecule is CC(C)(C(=O)N1CCCC1CC(=O)O)c1cccc(Cl)c1. The lowest BCUT2D eigenvalue weighted by Crippen LogP contribution is -2.46. The normalized spacial score (nSPS) is 18.8. The maximum absolute atomic E-state index is 12.9. The van der Waals surface area contributed by atoms with Crippen LogP contribution in [0.5, 0.6) is 0 Å². The van der Waals surface area contributed by atoms with Crippen molar-refractivity contribution in [1.29, 1.82) is 0 Å². The first-order valence-corrected chi connectivity index (χ1v) is 7.49. The van der Waals surface area contributed by atoms with Gasteiger partial charge in [-0.1, -0.05) is 23.7 Å². The molecule has 1 N–H and O–H groups in total. The van der Waals surface area contributed by atoms with Gasteiger partial charge in [-0.3, -0.25) is 9.59 Å². The Morgan fingerprint density at radius 3 is 2.76 bits per heavy atom. The number of halogens is 1. The predicted octanol–water partition coefficient (Wildman–Crippen LogP) is 3.08. The van der Waals surface area contributed by atoms with Gasteiger partial charge in [0, 0.05) is 17.6 Å². The van der Waals surface area contributed by atoms with Crippen LogP contribution in [0, 0.1) is 0 Å². The maximum atomic E-state index is 12.9. The van der Waals surface area contributed by atoms with Gasteiger partial charge in [0.05, 0.1) is 11.8 Å². The Kier molecular flexibility index (Phi) is 4.57. The number of rotatable bonds is 4. The fourth-order valence-electron chi connectivity index (χ4n) is 2.88. The van der Waals surface area contributed by atoms with Crippen molar-refractivity contribution in [3.05, 3.63) is 34.9 Å². The molecule has 1 fully saturated rings. The molecule has 21 heavy (non-hydrogen) atoms. The highest BCUT2D eigenvalue weighted by atomic mass is 35.5. The van der Waals surface area contributed by atoms with E-state index in [0.717, 1.165) is 18.4 Å². The summed E-state index contributed by atoms with van der Waals surface area (Å²) in [7, 11) is 0. The Morgan fingerprint density at radius 2 is 2.14 bits per heavy atom.